The molecule has 6 nitrogen and oxygen atoms in total. The predicted molar refractivity (Wildman–Crippen MR) is 110 cm³/mol. The second-order valence-electron chi connectivity index (χ2n) is 5.66. The number of nitrogens with one attached hydrogen (secondary N) is 1. The van der Waals surface area contributed by atoms with E-state index < -0.39 is 0 Å². The summed E-state index contributed by atoms with van der Waals surface area (Å²) in [7, 11) is 2.10. The van der Waals surface area contributed by atoms with E-state index >= 15 is 0 Å². The number of guanidine groups is 1. The zero-order valence-electron chi connectivity index (χ0n) is 14.9. The molecule has 0 aliphatic heterocycles. The van der Waals surface area contributed by atoms with Gasteiger partial charge in [-0.2, -0.15) is 0 Å². The average Bonchev–Trinajstić information content (AvgIpc) is 2.98. The van der Waals surface area contributed by atoms with Gasteiger partial charge in [0, 0.05) is 39.3 Å². The number of pyridine rings is 1. The molecule has 0 saturated carbocycles. The van der Waals surface area contributed by atoms with Gasteiger partial charge in [0.05, 0.1) is 0 Å². The maximum Gasteiger partial charge on any atom is 0.193 e. The molecule has 134 valence electrons. The largest absolute Gasteiger partial charge is 0.357 e. The van der Waals surface area contributed by atoms with Crippen molar-refractivity contribution in [3.63, 3.8) is 0 Å². The first kappa shape index (κ1) is 20.7. The molecule has 2 heterocycles. The van der Waals surface area contributed by atoms with Gasteiger partial charge in [-0.15, -0.1) is 34.2 Å². The molecule has 0 unspecified atom stereocenters. The van der Waals surface area contributed by atoms with Gasteiger partial charge in [0.15, 0.2) is 11.6 Å². The lowest BCUT2D eigenvalue weighted by Crippen LogP contribution is -2.39. The zero-order valence-corrected chi connectivity index (χ0v) is 17.2. The number of rotatable bonds is 8. The lowest BCUT2D eigenvalue weighted by atomic mass is 10.3. The van der Waals surface area contributed by atoms with E-state index in [1.54, 1.807) is 0 Å². The van der Waals surface area contributed by atoms with E-state index in [1.807, 2.05) is 28.8 Å². The highest BCUT2D eigenvalue weighted by atomic mass is 127. The summed E-state index contributed by atoms with van der Waals surface area (Å²) in [6.45, 7) is 7.04. The van der Waals surface area contributed by atoms with Crippen molar-refractivity contribution in [3.8, 4) is 0 Å². The van der Waals surface area contributed by atoms with Gasteiger partial charge >= 0.3 is 0 Å². The number of aromatic nitrogens is 3. The van der Waals surface area contributed by atoms with Crippen molar-refractivity contribution in [1.82, 2.24) is 24.8 Å². The number of hydrogen-bond donors (Lipinski definition) is 1. The third-order valence-electron chi connectivity index (χ3n) is 3.75. The van der Waals surface area contributed by atoms with Gasteiger partial charge in [0.1, 0.15) is 5.82 Å². The van der Waals surface area contributed by atoms with Gasteiger partial charge in [-0.1, -0.05) is 19.4 Å². The Bertz CT molecular complexity index is 624. The van der Waals surface area contributed by atoms with Gasteiger partial charge in [-0.05, 0) is 31.9 Å². The van der Waals surface area contributed by atoms with Crippen LogP contribution >= 0.6 is 24.0 Å². The van der Waals surface area contributed by atoms with Crippen molar-refractivity contribution < 1.29 is 0 Å². The van der Waals surface area contributed by atoms with Crippen LogP contribution < -0.4 is 5.32 Å². The molecule has 0 aliphatic carbocycles. The summed E-state index contributed by atoms with van der Waals surface area (Å²) in [5.74, 6) is 1.99. The molecule has 0 radical (unpaired) electrons. The summed E-state index contributed by atoms with van der Waals surface area (Å²) in [5, 5.41) is 11.8. The topological polar surface area (TPSA) is 57.8 Å². The Morgan fingerprint density at radius 2 is 2.08 bits per heavy atom. The fourth-order valence-electron chi connectivity index (χ4n) is 2.45. The molecule has 24 heavy (non-hydrogen) atoms. The van der Waals surface area contributed by atoms with Gasteiger partial charge in [-0.3, -0.25) is 9.39 Å². The predicted octanol–water partition coefficient (Wildman–Crippen LogP) is 2.98. The van der Waals surface area contributed by atoms with E-state index in [0.717, 1.165) is 49.9 Å². The van der Waals surface area contributed by atoms with Crippen molar-refractivity contribution in [2.75, 3.05) is 26.7 Å². The summed E-state index contributed by atoms with van der Waals surface area (Å²) in [4.78, 5) is 6.93. The van der Waals surface area contributed by atoms with E-state index in [2.05, 4.69) is 41.3 Å². The Hall–Kier alpha value is -1.38. The van der Waals surface area contributed by atoms with Crippen molar-refractivity contribution in [2.24, 2.45) is 4.99 Å². The van der Waals surface area contributed by atoms with Gasteiger partial charge < -0.3 is 10.2 Å². The minimum atomic E-state index is 0. The Morgan fingerprint density at radius 1 is 1.25 bits per heavy atom. The number of halogens is 1. The third-order valence-corrected chi connectivity index (χ3v) is 3.75. The number of aliphatic imine (C=N–C) groups is 1. The van der Waals surface area contributed by atoms with Crippen LogP contribution in [0.1, 0.15) is 38.9 Å². The highest BCUT2D eigenvalue weighted by Crippen LogP contribution is 2.05. The molecule has 1 N–H and O–H groups in total. The molecular weight excluding hydrogens is 415 g/mol. The van der Waals surface area contributed by atoms with E-state index in [9.17, 15) is 0 Å². The van der Waals surface area contributed by atoms with Crippen molar-refractivity contribution in [2.45, 2.75) is 39.5 Å². The van der Waals surface area contributed by atoms with Gasteiger partial charge in [0.2, 0.25) is 0 Å². The number of aryl methyl sites for hydroxylation is 1. The summed E-state index contributed by atoms with van der Waals surface area (Å²) >= 11 is 0. The first-order valence-corrected chi connectivity index (χ1v) is 8.54. The maximum absolute atomic E-state index is 4.72. The van der Waals surface area contributed by atoms with E-state index in [0.29, 0.717) is 0 Å². The molecule has 0 atom stereocenters. The van der Waals surface area contributed by atoms with Crippen LogP contribution in [-0.4, -0.2) is 52.1 Å². The molecular formula is C17H29IN6. The standard InChI is InChI=1S/C17H28N6.HI/c1-4-6-13-22(3)17(18-5-2)19-12-9-11-16-21-20-15-10-7-8-14-23(15)16;/h7-8,10,14H,4-6,9,11-13H2,1-3H3,(H,18,19);1H. The second-order valence-corrected chi connectivity index (χ2v) is 5.66. The minimum absolute atomic E-state index is 0. The normalized spacial score (nSPS) is 11.4. The molecule has 2 aromatic heterocycles. The Balaban J connectivity index is 0.00000288. The zero-order chi connectivity index (χ0) is 16.5. The quantitative estimate of drug-likeness (QED) is 0.295. The van der Waals surface area contributed by atoms with Crippen LogP contribution in [0, 0.1) is 0 Å². The fraction of sp³-hybridized carbons (Fsp3) is 0.588. The van der Waals surface area contributed by atoms with Crippen molar-refractivity contribution >= 4 is 35.6 Å². The average molecular weight is 444 g/mol. The number of nitrogens with zero attached hydrogens (tertiary/aromatic N) is 5. The highest BCUT2D eigenvalue weighted by Gasteiger charge is 2.06. The Labute approximate surface area is 161 Å². The van der Waals surface area contributed by atoms with Crippen LogP contribution in [0.15, 0.2) is 29.4 Å². The smallest absolute Gasteiger partial charge is 0.193 e. The fourth-order valence-corrected chi connectivity index (χ4v) is 2.45. The first-order chi connectivity index (χ1) is 11.3. The van der Waals surface area contributed by atoms with E-state index in [-0.39, 0.29) is 24.0 Å². The summed E-state index contributed by atoms with van der Waals surface area (Å²) in [6, 6.07) is 5.96. The summed E-state index contributed by atoms with van der Waals surface area (Å²) < 4.78 is 2.04. The molecule has 0 aliphatic rings. The third kappa shape index (κ3) is 5.92. The molecule has 7 heteroatoms. The molecule has 0 amide bonds. The molecule has 0 fully saturated rings. The number of fused-ring (bicyclic) bond motifs is 1. The molecule has 0 spiro atoms. The van der Waals surface area contributed by atoms with Crippen LogP contribution in [-0.2, 0) is 6.42 Å². The Morgan fingerprint density at radius 3 is 2.83 bits per heavy atom. The maximum atomic E-state index is 4.72. The lowest BCUT2D eigenvalue weighted by molar-refractivity contribution is 0.464. The van der Waals surface area contributed by atoms with Gasteiger partial charge in [0.25, 0.3) is 0 Å². The monoisotopic (exact) mass is 444 g/mol. The molecule has 2 rings (SSSR count). The van der Waals surface area contributed by atoms with Crippen molar-refractivity contribution in [1.29, 1.82) is 0 Å². The van der Waals surface area contributed by atoms with Crippen LogP contribution in [0.3, 0.4) is 0 Å². The SMILES string of the molecule is CCCCN(C)C(=NCCCc1nnc2ccccn12)NCC.I. The molecule has 2 aromatic rings. The molecule has 0 saturated heterocycles. The number of hydrogen-bond acceptors (Lipinski definition) is 3. The number of unbranched alkanes of at least 4 members (excludes halogenated alkanes) is 1. The first-order valence-electron chi connectivity index (χ1n) is 8.54. The van der Waals surface area contributed by atoms with E-state index in [1.165, 1.54) is 12.8 Å². The van der Waals surface area contributed by atoms with Crippen LogP contribution in [0.4, 0.5) is 0 Å². The van der Waals surface area contributed by atoms with Gasteiger partial charge in [-0.25, -0.2) is 0 Å². The highest BCUT2D eigenvalue weighted by molar-refractivity contribution is 14.0. The Kier molecular flexibility index (Phi) is 9.66. The minimum Gasteiger partial charge on any atom is -0.357 e. The van der Waals surface area contributed by atoms with E-state index in [4.69, 9.17) is 4.99 Å². The second kappa shape index (κ2) is 11.2. The summed E-state index contributed by atoms with van der Waals surface area (Å²) in [6.07, 6.45) is 6.24. The van der Waals surface area contributed by atoms with Crippen LogP contribution in [0.5, 0.6) is 0 Å². The molecule has 0 bridgehead atoms. The lowest BCUT2D eigenvalue weighted by Gasteiger charge is -2.21. The molecule has 0 aromatic carbocycles. The summed E-state index contributed by atoms with van der Waals surface area (Å²) in [5.41, 5.74) is 0.902. The van der Waals surface area contributed by atoms with Crippen LogP contribution in [0.25, 0.3) is 5.65 Å². The van der Waals surface area contributed by atoms with Crippen molar-refractivity contribution in [3.05, 3.63) is 30.2 Å². The van der Waals surface area contributed by atoms with Crippen LogP contribution in [0.2, 0.25) is 0 Å².